The first-order valence-corrected chi connectivity index (χ1v) is 9.30. The molecule has 0 spiro atoms. The molecular formula is C24H17NO3. The second kappa shape index (κ2) is 5.99. The standard InChI is InChI=1S/C24H17NO3/c1-14-12-15-6-2-5-9-21(15)25(14)24(28)16-10-11-19-20(13-16)23(27)18-8-4-3-7-17(18)22(19)26/h2-11,13-14H,12H2,1H3. The summed E-state index contributed by atoms with van der Waals surface area (Å²) < 4.78 is 0. The fraction of sp³-hybridized carbons (Fsp3) is 0.125. The summed E-state index contributed by atoms with van der Waals surface area (Å²) in [6, 6.07) is 19.5. The Balaban J connectivity index is 1.58. The van der Waals surface area contributed by atoms with Crippen molar-refractivity contribution in [1.29, 1.82) is 0 Å². The molecule has 0 saturated carbocycles. The molecule has 136 valence electrons. The molecule has 5 rings (SSSR count). The highest BCUT2D eigenvalue weighted by atomic mass is 16.2. The van der Waals surface area contributed by atoms with Gasteiger partial charge < -0.3 is 4.90 Å². The lowest BCUT2D eigenvalue weighted by molar-refractivity contribution is 0.0972. The van der Waals surface area contributed by atoms with Crippen LogP contribution < -0.4 is 4.90 Å². The summed E-state index contributed by atoms with van der Waals surface area (Å²) in [4.78, 5) is 40.7. The van der Waals surface area contributed by atoms with E-state index in [1.807, 2.05) is 31.2 Å². The molecular weight excluding hydrogens is 350 g/mol. The number of rotatable bonds is 1. The molecule has 1 heterocycles. The lowest BCUT2D eigenvalue weighted by Crippen LogP contribution is -2.36. The molecule has 0 radical (unpaired) electrons. The maximum Gasteiger partial charge on any atom is 0.258 e. The van der Waals surface area contributed by atoms with Crippen LogP contribution in [0.2, 0.25) is 0 Å². The van der Waals surface area contributed by atoms with Gasteiger partial charge in [-0.3, -0.25) is 14.4 Å². The fourth-order valence-corrected chi connectivity index (χ4v) is 4.25. The van der Waals surface area contributed by atoms with Crippen molar-refractivity contribution in [2.75, 3.05) is 4.90 Å². The van der Waals surface area contributed by atoms with Crippen LogP contribution in [0.3, 0.4) is 0 Å². The third kappa shape index (κ3) is 2.28. The van der Waals surface area contributed by atoms with Gasteiger partial charge in [-0.25, -0.2) is 0 Å². The van der Waals surface area contributed by atoms with Gasteiger partial charge >= 0.3 is 0 Å². The van der Waals surface area contributed by atoms with Gasteiger partial charge in [0.25, 0.3) is 5.91 Å². The van der Waals surface area contributed by atoms with Gasteiger partial charge in [-0.05, 0) is 43.2 Å². The molecule has 3 aromatic rings. The molecule has 0 bridgehead atoms. The number of anilines is 1. The topological polar surface area (TPSA) is 54.5 Å². The third-order valence-electron chi connectivity index (χ3n) is 5.60. The maximum atomic E-state index is 13.3. The van der Waals surface area contributed by atoms with E-state index in [0.29, 0.717) is 27.8 Å². The SMILES string of the molecule is CC1Cc2ccccc2N1C(=O)c1ccc2c(c1)C(=O)c1ccccc1C2=O. The highest BCUT2D eigenvalue weighted by Gasteiger charge is 2.34. The van der Waals surface area contributed by atoms with Crippen molar-refractivity contribution in [3.05, 3.63) is 100 Å². The molecule has 0 N–H and O–H groups in total. The van der Waals surface area contributed by atoms with Gasteiger partial charge in [0.15, 0.2) is 11.6 Å². The molecule has 1 atom stereocenters. The van der Waals surface area contributed by atoms with Crippen molar-refractivity contribution < 1.29 is 14.4 Å². The zero-order valence-corrected chi connectivity index (χ0v) is 15.3. The molecule has 4 heteroatoms. The molecule has 2 aliphatic rings. The van der Waals surface area contributed by atoms with E-state index in [2.05, 4.69) is 0 Å². The summed E-state index contributed by atoms with van der Waals surface area (Å²) in [5, 5.41) is 0. The van der Waals surface area contributed by atoms with Crippen molar-refractivity contribution in [2.24, 2.45) is 0 Å². The molecule has 4 nitrogen and oxygen atoms in total. The first kappa shape index (κ1) is 16.6. The lowest BCUT2D eigenvalue weighted by atomic mass is 9.83. The Morgan fingerprint density at radius 3 is 2.18 bits per heavy atom. The summed E-state index contributed by atoms with van der Waals surface area (Å²) in [6.07, 6.45) is 0.803. The summed E-state index contributed by atoms with van der Waals surface area (Å²) in [7, 11) is 0. The largest absolute Gasteiger partial charge is 0.305 e. The Morgan fingerprint density at radius 1 is 0.821 bits per heavy atom. The number of carbonyl (C=O) groups excluding carboxylic acids is 3. The average molecular weight is 367 g/mol. The van der Waals surface area contributed by atoms with Crippen LogP contribution in [0.4, 0.5) is 5.69 Å². The van der Waals surface area contributed by atoms with Gasteiger partial charge in [0.05, 0.1) is 0 Å². The number of fused-ring (bicyclic) bond motifs is 3. The molecule has 1 aliphatic heterocycles. The Morgan fingerprint density at radius 2 is 1.43 bits per heavy atom. The van der Waals surface area contributed by atoms with Crippen molar-refractivity contribution in [2.45, 2.75) is 19.4 Å². The van der Waals surface area contributed by atoms with E-state index in [9.17, 15) is 14.4 Å². The minimum atomic E-state index is -0.213. The van der Waals surface area contributed by atoms with E-state index in [4.69, 9.17) is 0 Å². The number of ketones is 2. The number of para-hydroxylation sites is 1. The summed E-state index contributed by atoms with van der Waals surface area (Å²) in [5.74, 6) is -0.543. The van der Waals surface area contributed by atoms with Crippen LogP contribution in [-0.4, -0.2) is 23.5 Å². The van der Waals surface area contributed by atoms with Gasteiger partial charge in [0.2, 0.25) is 0 Å². The monoisotopic (exact) mass is 367 g/mol. The van der Waals surface area contributed by atoms with Crippen LogP contribution in [0.25, 0.3) is 0 Å². The van der Waals surface area contributed by atoms with Gasteiger partial charge in [-0.2, -0.15) is 0 Å². The smallest absolute Gasteiger partial charge is 0.258 e. The molecule has 3 aromatic carbocycles. The van der Waals surface area contributed by atoms with Crippen molar-refractivity contribution >= 4 is 23.2 Å². The van der Waals surface area contributed by atoms with Crippen LogP contribution in [0.15, 0.2) is 66.7 Å². The van der Waals surface area contributed by atoms with E-state index >= 15 is 0 Å². The maximum absolute atomic E-state index is 13.3. The zero-order chi connectivity index (χ0) is 19.4. The number of hydrogen-bond donors (Lipinski definition) is 0. The molecule has 1 amide bonds. The Kier molecular flexibility index (Phi) is 3.56. The Hall–Kier alpha value is -3.53. The van der Waals surface area contributed by atoms with Crippen LogP contribution in [0.5, 0.6) is 0 Å². The van der Waals surface area contributed by atoms with E-state index in [0.717, 1.165) is 17.7 Å². The van der Waals surface area contributed by atoms with Crippen LogP contribution in [0, 0.1) is 0 Å². The van der Waals surface area contributed by atoms with E-state index < -0.39 is 0 Å². The quantitative estimate of drug-likeness (QED) is 0.510. The molecule has 28 heavy (non-hydrogen) atoms. The minimum Gasteiger partial charge on any atom is -0.305 e. The van der Waals surface area contributed by atoms with E-state index in [-0.39, 0.29) is 23.5 Å². The third-order valence-corrected chi connectivity index (χ3v) is 5.60. The average Bonchev–Trinajstić information content (AvgIpc) is 3.06. The van der Waals surface area contributed by atoms with Crippen LogP contribution in [-0.2, 0) is 6.42 Å². The van der Waals surface area contributed by atoms with Gasteiger partial charge in [0, 0.05) is 39.5 Å². The zero-order valence-electron chi connectivity index (χ0n) is 15.3. The van der Waals surface area contributed by atoms with Gasteiger partial charge in [-0.1, -0.05) is 42.5 Å². The van der Waals surface area contributed by atoms with Crippen molar-refractivity contribution in [3.63, 3.8) is 0 Å². The molecule has 1 unspecified atom stereocenters. The number of hydrogen-bond acceptors (Lipinski definition) is 3. The number of nitrogens with zero attached hydrogens (tertiary/aromatic N) is 1. The van der Waals surface area contributed by atoms with Crippen molar-refractivity contribution in [1.82, 2.24) is 0 Å². The van der Waals surface area contributed by atoms with Crippen LogP contribution >= 0.6 is 0 Å². The number of amides is 1. The Labute approximate surface area is 162 Å². The van der Waals surface area contributed by atoms with E-state index in [1.54, 1.807) is 47.4 Å². The summed E-state index contributed by atoms with van der Waals surface area (Å²) in [6.45, 7) is 2.02. The second-order valence-electron chi connectivity index (χ2n) is 7.32. The molecule has 1 aliphatic carbocycles. The second-order valence-corrected chi connectivity index (χ2v) is 7.32. The Bertz CT molecular complexity index is 1180. The highest BCUT2D eigenvalue weighted by Crippen LogP contribution is 2.34. The molecule has 0 saturated heterocycles. The fourth-order valence-electron chi connectivity index (χ4n) is 4.25. The predicted octanol–water partition coefficient (Wildman–Crippen LogP) is 4.05. The predicted molar refractivity (Wildman–Crippen MR) is 106 cm³/mol. The van der Waals surface area contributed by atoms with Gasteiger partial charge in [0.1, 0.15) is 0 Å². The summed E-state index contributed by atoms with van der Waals surface area (Å²) in [5.41, 5.74) is 3.94. The normalized spacial score (nSPS) is 17.2. The highest BCUT2D eigenvalue weighted by molar-refractivity contribution is 6.29. The van der Waals surface area contributed by atoms with Gasteiger partial charge in [-0.15, -0.1) is 0 Å². The molecule has 0 aromatic heterocycles. The molecule has 0 fully saturated rings. The first-order valence-electron chi connectivity index (χ1n) is 9.30. The minimum absolute atomic E-state index is 0.0407. The van der Waals surface area contributed by atoms with Crippen molar-refractivity contribution in [3.8, 4) is 0 Å². The van der Waals surface area contributed by atoms with Crippen LogP contribution in [0.1, 0.15) is 54.7 Å². The number of benzene rings is 3. The first-order chi connectivity index (χ1) is 13.6. The summed E-state index contributed by atoms with van der Waals surface area (Å²) >= 11 is 0. The number of carbonyl (C=O) groups is 3. The van der Waals surface area contributed by atoms with E-state index in [1.165, 1.54) is 0 Å². The lowest BCUT2D eigenvalue weighted by Gasteiger charge is -2.24.